The van der Waals surface area contributed by atoms with Crippen LogP contribution >= 0.6 is 0 Å². The van der Waals surface area contributed by atoms with Crippen molar-refractivity contribution in [1.82, 2.24) is 14.7 Å². The Bertz CT molecular complexity index is 1570. The van der Waals surface area contributed by atoms with Crippen LogP contribution in [0.3, 0.4) is 0 Å². The number of carbonyl (C=O) groups excluding carboxylic acids is 3. The van der Waals surface area contributed by atoms with Gasteiger partial charge < -0.3 is 35.5 Å². The number of aromatic hydroxyl groups is 1. The Balaban J connectivity index is 1.58. The van der Waals surface area contributed by atoms with Crippen LogP contribution in [0.2, 0.25) is 0 Å². The van der Waals surface area contributed by atoms with E-state index in [2.05, 4.69) is 9.80 Å². The monoisotopic (exact) mass is 594 g/mol. The molecule has 0 bridgehead atoms. The largest absolute Gasteiger partial charge is 0.508 e. The summed E-state index contributed by atoms with van der Waals surface area (Å²) in [5.41, 5.74) is 2.87. The normalized spacial score (nSPS) is 25.5. The number of rotatable bonds is 8. The Kier molecular flexibility index (Phi) is 7.76. The standard InChI is InChI=1S/C31H38N4O8/c1-33(2)10-11-35(5)14-16-6-9-21(43-16)17-7-8-20(36)23-18(17)12-15-13-19-25(34(3)4)27(38)24(30(32)41)29(40)31(19,42)28(39)22(15)26(23)37/h6-9,15,19,25,36-37,40,42H,10-14H2,1-5H3,(H2,32,41)/t15-,19-,25-,31-/m0/s1. The highest BCUT2D eigenvalue weighted by atomic mass is 16.4. The summed E-state index contributed by atoms with van der Waals surface area (Å²) in [4.78, 5) is 45.1. The fraction of sp³-hybridized carbons (Fsp3) is 0.452. The Hall–Kier alpha value is -3.97. The topological polar surface area (TPSA) is 181 Å². The van der Waals surface area contributed by atoms with Gasteiger partial charge in [-0.3, -0.25) is 24.2 Å². The van der Waals surface area contributed by atoms with Gasteiger partial charge in [-0.15, -0.1) is 0 Å². The Labute approximate surface area is 249 Å². The SMILES string of the molecule is CN(C)CCN(C)Cc1ccc(-c2ccc(O)c3c2C[C@H]2C[C@H]4[C@H](N(C)C)C(=O)C(C(N)=O)=C(O)[C@@]4(O)C(=O)C2=C3O)o1. The number of benzene rings is 1. The van der Waals surface area contributed by atoms with Gasteiger partial charge in [0.25, 0.3) is 5.91 Å². The van der Waals surface area contributed by atoms with Crippen molar-refractivity contribution >= 4 is 23.2 Å². The van der Waals surface area contributed by atoms with Crippen LogP contribution in [0.25, 0.3) is 17.1 Å². The first-order valence-electron chi connectivity index (χ1n) is 14.1. The first-order valence-corrected chi connectivity index (χ1v) is 14.1. The van der Waals surface area contributed by atoms with Crippen LogP contribution in [0.4, 0.5) is 0 Å². The van der Waals surface area contributed by atoms with E-state index in [-0.39, 0.29) is 29.7 Å². The van der Waals surface area contributed by atoms with Crippen molar-refractivity contribution in [2.24, 2.45) is 17.6 Å². The summed E-state index contributed by atoms with van der Waals surface area (Å²) in [5.74, 6) is -5.58. The average molecular weight is 595 g/mol. The van der Waals surface area contributed by atoms with E-state index in [9.17, 15) is 34.8 Å². The van der Waals surface area contributed by atoms with Gasteiger partial charge in [-0.05, 0) is 83.8 Å². The fourth-order valence-electron chi connectivity index (χ4n) is 6.80. The first-order chi connectivity index (χ1) is 20.2. The summed E-state index contributed by atoms with van der Waals surface area (Å²) in [6.07, 6.45) is 0.192. The van der Waals surface area contributed by atoms with Gasteiger partial charge >= 0.3 is 0 Å². The Morgan fingerprint density at radius 3 is 2.37 bits per heavy atom. The smallest absolute Gasteiger partial charge is 0.255 e. The molecule has 2 aromatic rings. The number of phenols is 1. The molecule has 0 radical (unpaired) electrons. The zero-order valence-corrected chi connectivity index (χ0v) is 24.9. The molecule has 1 fully saturated rings. The van der Waals surface area contributed by atoms with Gasteiger partial charge in [-0.1, -0.05) is 0 Å². The number of nitrogens with two attached hydrogens (primary N) is 1. The van der Waals surface area contributed by atoms with Crippen LogP contribution < -0.4 is 5.73 Å². The molecular formula is C31H38N4O8. The molecule has 3 aliphatic rings. The number of primary amides is 1. The predicted molar refractivity (Wildman–Crippen MR) is 157 cm³/mol. The second-order valence-corrected chi connectivity index (χ2v) is 12.3. The molecule has 1 aromatic carbocycles. The number of Topliss-reactive ketones (excluding diaryl/α,β-unsaturated/α-hetero) is 2. The number of hydrogen-bond donors (Lipinski definition) is 5. The van der Waals surface area contributed by atoms with Crippen LogP contribution in [0, 0.1) is 11.8 Å². The van der Waals surface area contributed by atoms with Crippen LogP contribution in [0.15, 0.2) is 45.6 Å². The maximum absolute atomic E-state index is 14.0. The molecule has 43 heavy (non-hydrogen) atoms. The third-order valence-corrected chi connectivity index (χ3v) is 8.89. The molecule has 0 spiro atoms. The summed E-state index contributed by atoms with van der Waals surface area (Å²) in [7, 11) is 9.14. The lowest BCUT2D eigenvalue weighted by Gasteiger charge is -2.50. The summed E-state index contributed by atoms with van der Waals surface area (Å²) in [6, 6.07) is 5.63. The third kappa shape index (κ3) is 4.84. The van der Waals surface area contributed by atoms with E-state index < -0.39 is 58.0 Å². The zero-order chi connectivity index (χ0) is 31.5. The van der Waals surface area contributed by atoms with Gasteiger partial charge in [0.2, 0.25) is 5.78 Å². The number of phenolic OH excluding ortho intramolecular Hbond substituents is 1. The lowest BCUT2D eigenvalue weighted by molar-refractivity contribution is -0.153. The molecule has 5 rings (SSSR count). The summed E-state index contributed by atoms with van der Waals surface area (Å²) >= 11 is 0. The van der Waals surface area contributed by atoms with Gasteiger partial charge in [0.15, 0.2) is 11.4 Å². The molecule has 6 N–H and O–H groups in total. The molecule has 1 amide bonds. The average Bonchev–Trinajstić information content (AvgIpc) is 3.37. The van der Waals surface area contributed by atoms with Crippen LogP contribution in [-0.4, -0.2) is 113 Å². The van der Waals surface area contributed by atoms with Crippen LogP contribution in [0.1, 0.15) is 23.3 Å². The molecule has 0 aliphatic heterocycles. The Morgan fingerprint density at radius 2 is 1.74 bits per heavy atom. The number of aliphatic hydroxyl groups is 3. The lowest BCUT2D eigenvalue weighted by Crippen LogP contribution is -2.65. The van der Waals surface area contributed by atoms with Crippen molar-refractivity contribution < 1.29 is 39.2 Å². The molecule has 1 saturated carbocycles. The van der Waals surface area contributed by atoms with Crippen molar-refractivity contribution in [3.05, 3.63) is 58.1 Å². The maximum Gasteiger partial charge on any atom is 0.255 e. The van der Waals surface area contributed by atoms with Crippen LogP contribution in [-0.2, 0) is 27.3 Å². The first kappa shape index (κ1) is 30.5. The molecule has 1 heterocycles. The molecule has 4 atom stereocenters. The highest BCUT2D eigenvalue weighted by molar-refractivity contribution is 6.24. The molecule has 12 nitrogen and oxygen atoms in total. The van der Waals surface area contributed by atoms with Gasteiger partial charge in [-0.2, -0.15) is 0 Å². The van der Waals surface area contributed by atoms with Crippen molar-refractivity contribution in [2.75, 3.05) is 48.3 Å². The fourth-order valence-corrected chi connectivity index (χ4v) is 6.80. The summed E-state index contributed by atoms with van der Waals surface area (Å²) in [5, 5.41) is 45.1. The van der Waals surface area contributed by atoms with E-state index in [1.807, 2.05) is 33.3 Å². The minimum absolute atomic E-state index is 0.0148. The van der Waals surface area contributed by atoms with Gasteiger partial charge in [0.05, 0.1) is 18.2 Å². The molecular weight excluding hydrogens is 556 g/mol. The second kappa shape index (κ2) is 10.9. The second-order valence-electron chi connectivity index (χ2n) is 12.3. The van der Waals surface area contributed by atoms with Gasteiger partial charge in [0, 0.05) is 30.1 Å². The number of furan rings is 1. The number of fused-ring (bicyclic) bond motifs is 3. The summed E-state index contributed by atoms with van der Waals surface area (Å²) in [6.45, 7) is 2.30. The number of likely N-dealkylation sites (N-methyl/N-ethyl adjacent to an activating group) is 3. The van der Waals surface area contributed by atoms with Crippen molar-refractivity contribution in [2.45, 2.75) is 31.0 Å². The number of nitrogens with zero attached hydrogens (tertiary/aromatic N) is 3. The van der Waals surface area contributed by atoms with E-state index in [0.29, 0.717) is 23.4 Å². The number of ketones is 2. The highest BCUT2D eigenvalue weighted by Crippen LogP contribution is 2.53. The number of aliphatic hydroxyl groups excluding tert-OH is 2. The minimum Gasteiger partial charge on any atom is -0.508 e. The molecule has 0 saturated heterocycles. The zero-order valence-electron chi connectivity index (χ0n) is 24.9. The van der Waals surface area contributed by atoms with E-state index in [0.717, 1.165) is 18.8 Å². The maximum atomic E-state index is 14.0. The third-order valence-electron chi connectivity index (χ3n) is 8.89. The molecule has 230 valence electrons. The molecule has 1 aromatic heterocycles. The lowest BCUT2D eigenvalue weighted by atomic mass is 9.57. The van der Waals surface area contributed by atoms with Crippen molar-refractivity contribution in [3.8, 4) is 17.1 Å². The number of carbonyl (C=O) groups is 3. The molecule has 12 heteroatoms. The van der Waals surface area contributed by atoms with E-state index in [4.69, 9.17) is 10.2 Å². The number of hydrogen-bond acceptors (Lipinski definition) is 11. The quantitative estimate of drug-likeness (QED) is 0.277. The summed E-state index contributed by atoms with van der Waals surface area (Å²) < 4.78 is 6.18. The number of amides is 1. The van der Waals surface area contributed by atoms with Gasteiger partial charge in [0.1, 0.15) is 34.4 Å². The molecule has 3 aliphatic carbocycles. The van der Waals surface area contributed by atoms with Crippen molar-refractivity contribution in [1.29, 1.82) is 0 Å². The minimum atomic E-state index is -2.67. The van der Waals surface area contributed by atoms with E-state index >= 15 is 0 Å². The molecule has 0 unspecified atom stereocenters. The van der Waals surface area contributed by atoms with E-state index in [1.54, 1.807) is 20.2 Å². The van der Waals surface area contributed by atoms with Crippen molar-refractivity contribution in [3.63, 3.8) is 0 Å². The Morgan fingerprint density at radius 1 is 1.05 bits per heavy atom. The van der Waals surface area contributed by atoms with Crippen LogP contribution in [0.5, 0.6) is 5.75 Å². The van der Waals surface area contributed by atoms with Gasteiger partial charge in [-0.25, -0.2) is 0 Å². The highest BCUT2D eigenvalue weighted by Gasteiger charge is 2.64. The van der Waals surface area contributed by atoms with E-state index in [1.165, 1.54) is 11.0 Å². The predicted octanol–water partition coefficient (Wildman–Crippen LogP) is 1.22.